The van der Waals surface area contributed by atoms with Gasteiger partial charge in [0.1, 0.15) is 5.76 Å². The Morgan fingerprint density at radius 3 is 2.61 bits per heavy atom. The van der Waals surface area contributed by atoms with Crippen LogP contribution in [0.2, 0.25) is 0 Å². The van der Waals surface area contributed by atoms with Gasteiger partial charge in [0.15, 0.2) is 5.96 Å². The molecule has 2 N–H and O–H groups in total. The average Bonchev–Trinajstić information content (AvgIpc) is 3.00. The monoisotopic (exact) mass is 323 g/mol. The normalized spacial score (nSPS) is 12.2. The molecule has 0 fully saturated rings. The van der Waals surface area contributed by atoms with E-state index in [0.717, 1.165) is 57.4 Å². The summed E-state index contributed by atoms with van der Waals surface area (Å²) >= 11 is 0. The number of rotatable bonds is 11. The number of furan rings is 1. The van der Waals surface area contributed by atoms with Crippen LogP contribution in [0.1, 0.15) is 39.9 Å². The molecule has 0 atom stereocenters. The summed E-state index contributed by atoms with van der Waals surface area (Å²) in [6.45, 7) is 12.8. The third-order valence-electron chi connectivity index (χ3n) is 3.07. The number of hydrogen-bond acceptors (Lipinski definition) is 3. The van der Waals surface area contributed by atoms with E-state index in [9.17, 15) is 0 Å². The van der Waals surface area contributed by atoms with Crippen molar-refractivity contribution in [3.63, 3.8) is 0 Å². The van der Waals surface area contributed by atoms with Crippen LogP contribution in [0.4, 0.5) is 0 Å². The van der Waals surface area contributed by atoms with Crippen molar-refractivity contribution in [2.75, 3.05) is 32.8 Å². The maximum atomic E-state index is 5.59. The minimum atomic E-state index is 0.549. The van der Waals surface area contributed by atoms with Crippen LogP contribution in [-0.2, 0) is 11.2 Å². The summed E-state index contributed by atoms with van der Waals surface area (Å²) in [6.07, 6.45) is 3.54. The van der Waals surface area contributed by atoms with E-state index in [4.69, 9.17) is 9.15 Å². The molecule has 0 aromatic carbocycles. The standard InChI is InChI=1S/C18H33N3O2/c1-15(2)13-21-18(19-9-6-11-22-14-16(3)4)20-10-8-17-7-5-12-23-17/h5,7,12,15-16H,6,8-11,13-14H2,1-4H3,(H2,19,20,21). The van der Waals surface area contributed by atoms with Gasteiger partial charge in [-0.2, -0.15) is 0 Å². The van der Waals surface area contributed by atoms with Crippen molar-refractivity contribution in [1.82, 2.24) is 10.6 Å². The Balaban J connectivity index is 2.23. The molecule has 0 saturated carbocycles. The minimum Gasteiger partial charge on any atom is -0.469 e. The molecule has 0 unspecified atom stereocenters. The molecule has 0 aliphatic carbocycles. The second-order valence-corrected chi connectivity index (χ2v) is 6.59. The van der Waals surface area contributed by atoms with E-state index in [0.29, 0.717) is 11.8 Å². The largest absolute Gasteiger partial charge is 0.469 e. The molecular formula is C18H33N3O2. The Labute approximate surface area is 140 Å². The quantitative estimate of drug-likeness (QED) is 0.373. The van der Waals surface area contributed by atoms with Crippen molar-refractivity contribution >= 4 is 5.96 Å². The zero-order valence-electron chi connectivity index (χ0n) is 15.1. The Kier molecular flexibility index (Phi) is 10.2. The van der Waals surface area contributed by atoms with Crippen LogP contribution in [0.3, 0.4) is 0 Å². The van der Waals surface area contributed by atoms with Gasteiger partial charge in [0.25, 0.3) is 0 Å². The molecular weight excluding hydrogens is 290 g/mol. The van der Waals surface area contributed by atoms with Crippen LogP contribution in [0.5, 0.6) is 0 Å². The Morgan fingerprint density at radius 2 is 1.96 bits per heavy atom. The first-order valence-corrected chi connectivity index (χ1v) is 8.70. The summed E-state index contributed by atoms with van der Waals surface area (Å²) in [5.74, 6) is 3.00. The number of nitrogens with zero attached hydrogens (tertiary/aromatic N) is 1. The number of hydrogen-bond donors (Lipinski definition) is 2. The third kappa shape index (κ3) is 10.8. The maximum absolute atomic E-state index is 5.59. The molecule has 132 valence electrons. The van der Waals surface area contributed by atoms with E-state index >= 15 is 0 Å². The van der Waals surface area contributed by atoms with Gasteiger partial charge < -0.3 is 19.8 Å². The first kappa shape index (κ1) is 19.6. The summed E-state index contributed by atoms with van der Waals surface area (Å²) in [6, 6.07) is 3.91. The first-order valence-electron chi connectivity index (χ1n) is 8.70. The van der Waals surface area contributed by atoms with E-state index < -0.39 is 0 Å². The van der Waals surface area contributed by atoms with Gasteiger partial charge in [0.2, 0.25) is 0 Å². The van der Waals surface area contributed by atoms with Crippen molar-refractivity contribution in [2.45, 2.75) is 40.5 Å². The fourth-order valence-corrected chi connectivity index (χ4v) is 1.91. The smallest absolute Gasteiger partial charge is 0.191 e. The summed E-state index contributed by atoms with van der Waals surface area (Å²) < 4.78 is 10.9. The average molecular weight is 323 g/mol. The molecule has 0 spiro atoms. The van der Waals surface area contributed by atoms with Crippen LogP contribution >= 0.6 is 0 Å². The Morgan fingerprint density at radius 1 is 1.17 bits per heavy atom. The van der Waals surface area contributed by atoms with Crippen LogP contribution in [0, 0.1) is 11.8 Å². The Bertz CT molecular complexity index is 414. The van der Waals surface area contributed by atoms with E-state index in [-0.39, 0.29) is 0 Å². The highest BCUT2D eigenvalue weighted by atomic mass is 16.5. The fourth-order valence-electron chi connectivity index (χ4n) is 1.91. The van der Waals surface area contributed by atoms with Crippen LogP contribution in [-0.4, -0.2) is 38.8 Å². The van der Waals surface area contributed by atoms with Gasteiger partial charge >= 0.3 is 0 Å². The summed E-state index contributed by atoms with van der Waals surface area (Å²) in [7, 11) is 0. The number of guanidine groups is 1. The van der Waals surface area contributed by atoms with Crippen LogP contribution in [0.25, 0.3) is 0 Å². The molecule has 1 aromatic rings. The molecule has 0 amide bonds. The topological polar surface area (TPSA) is 58.8 Å². The van der Waals surface area contributed by atoms with Crippen molar-refractivity contribution in [3.05, 3.63) is 24.2 Å². The zero-order chi connectivity index (χ0) is 16.9. The highest BCUT2D eigenvalue weighted by molar-refractivity contribution is 5.79. The van der Waals surface area contributed by atoms with Crippen molar-refractivity contribution in [3.8, 4) is 0 Å². The molecule has 23 heavy (non-hydrogen) atoms. The Hall–Kier alpha value is -1.49. The molecule has 5 heteroatoms. The molecule has 1 aromatic heterocycles. The van der Waals surface area contributed by atoms with E-state index in [1.54, 1.807) is 6.26 Å². The van der Waals surface area contributed by atoms with Crippen molar-refractivity contribution < 1.29 is 9.15 Å². The lowest BCUT2D eigenvalue weighted by atomic mass is 10.2. The van der Waals surface area contributed by atoms with Gasteiger partial charge in [-0.05, 0) is 30.4 Å². The number of nitrogens with one attached hydrogen (secondary N) is 2. The molecule has 1 heterocycles. The lowest BCUT2D eigenvalue weighted by Crippen LogP contribution is -2.39. The summed E-state index contributed by atoms with van der Waals surface area (Å²) in [5.41, 5.74) is 0. The fraction of sp³-hybridized carbons (Fsp3) is 0.722. The third-order valence-corrected chi connectivity index (χ3v) is 3.07. The summed E-state index contributed by atoms with van der Waals surface area (Å²) in [4.78, 5) is 4.61. The first-order chi connectivity index (χ1) is 11.1. The molecule has 0 radical (unpaired) electrons. The molecule has 0 saturated heterocycles. The zero-order valence-corrected chi connectivity index (χ0v) is 15.1. The molecule has 5 nitrogen and oxygen atoms in total. The number of ether oxygens (including phenoxy) is 1. The van der Waals surface area contributed by atoms with Gasteiger partial charge in [-0.15, -0.1) is 0 Å². The second kappa shape index (κ2) is 12.0. The van der Waals surface area contributed by atoms with E-state index in [1.807, 2.05) is 12.1 Å². The highest BCUT2D eigenvalue weighted by Gasteiger charge is 2.01. The lowest BCUT2D eigenvalue weighted by Gasteiger charge is -2.13. The molecule has 0 aliphatic heterocycles. The maximum Gasteiger partial charge on any atom is 0.191 e. The highest BCUT2D eigenvalue weighted by Crippen LogP contribution is 1.99. The second-order valence-electron chi connectivity index (χ2n) is 6.59. The molecule has 1 rings (SSSR count). The molecule has 0 bridgehead atoms. The SMILES string of the molecule is CC(C)CN=C(NCCCOCC(C)C)NCCc1ccco1. The lowest BCUT2D eigenvalue weighted by molar-refractivity contribution is 0.108. The van der Waals surface area contributed by atoms with E-state index in [1.165, 1.54) is 0 Å². The summed E-state index contributed by atoms with van der Waals surface area (Å²) in [5, 5.41) is 6.73. The van der Waals surface area contributed by atoms with Gasteiger partial charge in [0, 0.05) is 39.3 Å². The van der Waals surface area contributed by atoms with Crippen molar-refractivity contribution in [1.29, 1.82) is 0 Å². The van der Waals surface area contributed by atoms with Crippen LogP contribution in [0.15, 0.2) is 27.8 Å². The van der Waals surface area contributed by atoms with E-state index in [2.05, 4.69) is 43.3 Å². The van der Waals surface area contributed by atoms with Crippen molar-refractivity contribution in [2.24, 2.45) is 16.8 Å². The minimum absolute atomic E-state index is 0.549. The molecule has 0 aliphatic rings. The van der Waals surface area contributed by atoms with Gasteiger partial charge in [-0.1, -0.05) is 27.7 Å². The predicted molar refractivity (Wildman–Crippen MR) is 95.8 cm³/mol. The van der Waals surface area contributed by atoms with Gasteiger partial charge in [0.05, 0.1) is 6.26 Å². The predicted octanol–water partition coefficient (Wildman–Crippen LogP) is 3.08. The van der Waals surface area contributed by atoms with Gasteiger partial charge in [-0.3, -0.25) is 4.99 Å². The van der Waals surface area contributed by atoms with Gasteiger partial charge in [-0.25, -0.2) is 0 Å². The number of aliphatic imine (C=N–C) groups is 1. The van der Waals surface area contributed by atoms with Crippen LogP contribution < -0.4 is 10.6 Å².